The van der Waals surface area contributed by atoms with E-state index in [-0.39, 0.29) is 0 Å². The number of carbonyl (C=O) groups is 1. The Kier molecular flexibility index (Phi) is 6.35. The van der Waals surface area contributed by atoms with Crippen LogP contribution in [0.2, 0.25) is 0 Å². The standard InChI is InChI=1S/C18H20N6O3S/c1-24(2)7-6-19-17-23-15(10-28-17)14-9-16(21-11-20-14)27-13-5-3-4-12(8-13)22-18(25)26/h3-5,8-11,22H,6-7H2,1-2H3,(H,19,23)(H,25,26). The molecule has 3 aromatic rings. The fourth-order valence-corrected chi connectivity index (χ4v) is 3.01. The predicted octanol–water partition coefficient (Wildman–Crippen LogP) is 3.46. The molecule has 0 bridgehead atoms. The zero-order chi connectivity index (χ0) is 19.9. The van der Waals surface area contributed by atoms with Crippen molar-refractivity contribution in [3.8, 4) is 23.0 Å². The molecule has 0 spiro atoms. The van der Waals surface area contributed by atoms with Crippen molar-refractivity contribution in [3.63, 3.8) is 0 Å². The number of ether oxygens (including phenoxy) is 1. The number of hydrogen-bond acceptors (Lipinski definition) is 8. The molecule has 3 rings (SSSR count). The molecule has 0 aliphatic heterocycles. The van der Waals surface area contributed by atoms with Gasteiger partial charge in [0.05, 0.1) is 5.69 Å². The number of amides is 1. The van der Waals surface area contributed by atoms with Crippen LogP contribution in [0.25, 0.3) is 11.4 Å². The second-order valence-corrected chi connectivity index (χ2v) is 6.93. The molecule has 0 atom stereocenters. The van der Waals surface area contributed by atoms with Crippen molar-refractivity contribution < 1.29 is 14.6 Å². The predicted molar refractivity (Wildman–Crippen MR) is 108 cm³/mol. The Morgan fingerprint density at radius 2 is 2.11 bits per heavy atom. The smallest absolute Gasteiger partial charge is 0.409 e. The van der Waals surface area contributed by atoms with Crippen molar-refractivity contribution in [2.24, 2.45) is 0 Å². The number of carboxylic acid groups (broad SMARTS) is 1. The van der Waals surface area contributed by atoms with Gasteiger partial charge in [-0.15, -0.1) is 11.3 Å². The van der Waals surface area contributed by atoms with E-state index in [0.717, 1.165) is 23.9 Å². The Bertz CT molecular complexity index is 946. The lowest BCUT2D eigenvalue weighted by Crippen LogP contribution is -2.20. The van der Waals surface area contributed by atoms with Gasteiger partial charge in [-0.05, 0) is 26.2 Å². The van der Waals surface area contributed by atoms with Gasteiger partial charge in [-0.3, -0.25) is 5.32 Å². The number of likely N-dealkylation sites (N-methyl/N-ethyl adjacent to an activating group) is 1. The molecular formula is C18H20N6O3S. The molecule has 0 saturated heterocycles. The zero-order valence-corrected chi connectivity index (χ0v) is 16.2. The fourth-order valence-electron chi connectivity index (χ4n) is 2.28. The molecule has 0 radical (unpaired) electrons. The summed E-state index contributed by atoms with van der Waals surface area (Å²) in [6, 6.07) is 8.30. The molecular weight excluding hydrogens is 380 g/mol. The lowest BCUT2D eigenvalue weighted by atomic mass is 10.3. The summed E-state index contributed by atoms with van der Waals surface area (Å²) in [4.78, 5) is 25.8. The minimum absolute atomic E-state index is 0.340. The molecule has 0 saturated carbocycles. The summed E-state index contributed by atoms with van der Waals surface area (Å²) in [6.45, 7) is 1.72. The number of thiazole rings is 1. The van der Waals surface area contributed by atoms with Gasteiger partial charge in [0.25, 0.3) is 0 Å². The Balaban J connectivity index is 1.69. The highest BCUT2D eigenvalue weighted by Gasteiger charge is 2.09. The first-order valence-electron chi connectivity index (χ1n) is 8.44. The van der Waals surface area contributed by atoms with E-state index < -0.39 is 6.09 Å². The van der Waals surface area contributed by atoms with Crippen LogP contribution in [0.4, 0.5) is 15.6 Å². The first-order chi connectivity index (χ1) is 13.5. The van der Waals surface area contributed by atoms with Crippen molar-refractivity contribution in [1.29, 1.82) is 0 Å². The van der Waals surface area contributed by atoms with Gasteiger partial charge in [0, 0.05) is 36.3 Å². The van der Waals surface area contributed by atoms with Gasteiger partial charge < -0.3 is 20.1 Å². The number of anilines is 2. The van der Waals surface area contributed by atoms with E-state index in [0.29, 0.717) is 23.0 Å². The zero-order valence-electron chi connectivity index (χ0n) is 15.4. The summed E-state index contributed by atoms with van der Waals surface area (Å²) < 4.78 is 5.73. The van der Waals surface area contributed by atoms with Crippen molar-refractivity contribution in [3.05, 3.63) is 42.0 Å². The third kappa shape index (κ3) is 5.63. The first kappa shape index (κ1) is 19.5. The third-order valence-electron chi connectivity index (χ3n) is 3.55. The Morgan fingerprint density at radius 3 is 2.89 bits per heavy atom. The molecule has 28 heavy (non-hydrogen) atoms. The number of hydrogen-bond donors (Lipinski definition) is 3. The Labute approximate surface area is 166 Å². The van der Waals surface area contributed by atoms with Gasteiger partial charge >= 0.3 is 6.09 Å². The van der Waals surface area contributed by atoms with E-state index >= 15 is 0 Å². The van der Waals surface area contributed by atoms with E-state index in [2.05, 4.69) is 30.5 Å². The topological polar surface area (TPSA) is 113 Å². The summed E-state index contributed by atoms with van der Waals surface area (Å²) in [5.74, 6) is 0.799. The van der Waals surface area contributed by atoms with Gasteiger partial charge in [-0.25, -0.2) is 19.7 Å². The first-order valence-corrected chi connectivity index (χ1v) is 9.32. The number of aromatic nitrogens is 3. The maximum Gasteiger partial charge on any atom is 0.409 e. The van der Waals surface area contributed by atoms with Crippen LogP contribution in [-0.4, -0.2) is 58.2 Å². The number of nitrogens with one attached hydrogen (secondary N) is 2. The largest absolute Gasteiger partial charge is 0.465 e. The van der Waals surface area contributed by atoms with Crippen LogP contribution in [-0.2, 0) is 0 Å². The molecule has 1 aromatic carbocycles. The molecule has 3 N–H and O–H groups in total. The molecule has 1 amide bonds. The third-order valence-corrected chi connectivity index (χ3v) is 4.35. The number of benzene rings is 1. The van der Waals surface area contributed by atoms with Crippen molar-refractivity contribution in [1.82, 2.24) is 19.9 Å². The highest BCUT2D eigenvalue weighted by atomic mass is 32.1. The highest BCUT2D eigenvalue weighted by molar-refractivity contribution is 7.14. The Hall–Kier alpha value is -3.24. The molecule has 9 nitrogen and oxygen atoms in total. The summed E-state index contributed by atoms with van der Waals surface area (Å²) in [5.41, 5.74) is 1.78. The average Bonchev–Trinajstić information content (AvgIpc) is 3.10. The lowest BCUT2D eigenvalue weighted by molar-refractivity contribution is 0.210. The lowest BCUT2D eigenvalue weighted by Gasteiger charge is -2.09. The minimum atomic E-state index is -1.14. The van der Waals surface area contributed by atoms with E-state index in [1.807, 2.05) is 19.5 Å². The molecule has 2 heterocycles. The van der Waals surface area contributed by atoms with Gasteiger partial charge in [0.2, 0.25) is 5.88 Å². The van der Waals surface area contributed by atoms with E-state index in [4.69, 9.17) is 9.84 Å². The van der Waals surface area contributed by atoms with E-state index in [1.165, 1.54) is 17.7 Å². The van der Waals surface area contributed by atoms with Crippen molar-refractivity contribution in [2.45, 2.75) is 0 Å². The van der Waals surface area contributed by atoms with Gasteiger partial charge in [0.15, 0.2) is 5.13 Å². The summed E-state index contributed by atoms with van der Waals surface area (Å²) in [5, 5.41) is 17.1. The maximum absolute atomic E-state index is 10.8. The average molecular weight is 400 g/mol. The second kappa shape index (κ2) is 9.11. The molecule has 0 unspecified atom stereocenters. The van der Waals surface area contributed by atoms with Crippen LogP contribution in [0.3, 0.4) is 0 Å². The number of nitrogens with zero attached hydrogens (tertiary/aromatic N) is 4. The highest BCUT2D eigenvalue weighted by Crippen LogP contribution is 2.27. The molecule has 146 valence electrons. The van der Waals surface area contributed by atoms with Crippen LogP contribution in [0, 0.1) is 0 Å². The quantitative estimate of drug-likeness (QED) is 0.527. The summed E-state index contributed by atoms with van der Waals surface area (Å²) in [6.07, 6.45) is 0.266. The summed E-state index contributed by atoms with van der Waals surface area (Å²) >= 11 is 1.51. The monoisotopic (exact) mass is 400 g/mol. The fraction of sp³-hybridized carbons (Fsp3) is 0.222. The van der Waals surface area contributed by atoms with Crippen LogP contribution in [0.1, 0.15) is 0 Å². The molecule has 0 fully saturated rings. The van der Waals surface area contributed by atoms with Crippen LogP contribution >= 0.6 is 11.3 Å². The van der Waals surface area contributed by atoms with Crippen molar-refractivity contribution >= 4 is 28.2 Å². The van der Waals surface area contributed by atoms with Gasteiger partial charge in [-0.2, -0.15) is 0 Å². The molecule has 2 aromatic heterocycles. The SMILES string of the molecule is CN(C)CCNc1nc(-c2cc(Oc3cccc(NC(=O)O)c3)ncn2)cs1. The van der Waals surface area contributed by atoms with Crippen molar-refractivity contribution in [2.75, 3.05) is 37.8 Å². The van der Waals surface area contributed by atoms with Crippen LogP contribution in [0.5, 0.6) is 11.6 Å². The van der Waals surface area contributed by atoms with Crippen LogP contribution in [0.15, 0.2) is 42.0 Å². The Morgan fingerprint density at radius 1 is 1.25 bits per heavy atom. The molecule has 0 aliphatic rings. The summed E-state index contributed by atoms with van der Waals surface area (Å²) in [7, 11) is 4.04. The minimum Gasteiger partial charge on any atom is -0.465 e. The second-order valence-electron chi connectivity index (χ2n) is 6.07. The normalized spacial score (nSPS) is 10.7. The molecule has 10 heteroatoms. The molecule has 0 aliphatic carbocycles. The number of rotatable bonds is 8. The van der Waals surface area contributed by atoms with E-state index in [9.17, 15) is 4.79 Å². The van der Waals surface area contributed by atoms with Crippen LogP contribution < -0.4 is 15.4 Å². The van der Waals surface area contributed by atoms with Gasteiger partial charge in [0.1, 0.15) is 17.8 Å². The van der Waals surface area contributed by atoms with Gasteiger partial charge in [-0.1, -0.05) is 6.07 Å². The maximum atomic E-state index is 10.8. The van der Waals surface area contributed by atoms with E-state index in [1.54, 1.807) is 30.3 Å².